The van der Waals surface area contributed by atoms with Crippen LogP contribution in [0.4, 0.5) is 0 Å². The average Bonchev–Trinajstić information content (AvgIpc) is 2.88. The minimum absolute atomic E-state index is 0.629. The molecule has 5 nitrogen and oxygen atoms in total. The van der Waals surface area contributed by atoms with Crippen LogP contribution in [0.1, 0.15) is 0 Å². The van der Waals surface area contributed by atoms with Crippen LogP contribution < -0.4 is 0 Å². The van der Waals surface area contributed by atoms with Crippen molar-refractivity contribution < 1.29 is 0 Å². The van der Waals surface area contributed by atoms with E-state index in [0.29, 0.717) is 5.82 Å². The molecule has 6 rings (SSSR count). The number of fused-ring (bicyclic) bond motifs is 2. The van der Waals surface area contributed by atoms with Gasteiger partial charge in [0.15, 0.2) is 5.82 Å². The van der Waals surface area contributed by atoms with Gasteiger partial charge in [-0.15, -0.1) is 0 Å². The molecule has 3 aromatic carbocycles. The van der Waals surface area contributed by atoms with E-state index in [2.05, 4.69) is 91.6 Å². The van der Waals surface area contributed by atoms with E-state index in [1.807, 2.05) is 24.5 Å². The largest absolute Gasteiger partial charge is 0.256 e. The summed E-state index contributed by atoms with van der Waals surface area (Å²) in [6.07, 6.45) is 6.70. The highest BCUT2D eigenvalue weighted by Gasteiger charge is 2.13. The van der Waals surface area contributed by atoms with Gasteiger partial charge in [-0.2, -0.15) is 0 Å². The Morgan fingerprint density at radius 2 is 0.969 bits per heavy atom. The molecule has 0 radical (unpaired) electrons. The van der Waals surface area contributed by atoms with Crippen LogP contribution in [0.5, 0.6) is 0 Å². The van der Waals surface area contributed by atoms with Gasteiger partial charge in [-0.3, -0.25) is 9.97 Å². The number of benzene rings is 3. The van der Waals surface area contributed by atoms with Crippen molar-refractivity contribution in [3.63, 3.8) is 0 Å². The van der Waals surface area contributed by atoms with Crippen LogP contribution in [-0.4, -0.2) is 24.9 Å². The molecule has 0 aliphatic heterocycles. The summed E-state index contributed by atoms with van der Waals surface area (Å²) in [5, 5.41) is 2.20. The Hall–Kier alpha value is -4.51. The van der Waals surface area contributed by atoms with Crippen molar-refractivity contribution in [3.8, 4) is 33.6 Å². The highest BCUT2D eigenvalue weighted by atomic mass is 15.0. The zero-order valence-electron chi connectivity index (χ0n) is 17.1. The Labute approximate surface area is 184 Å². The molecule has 3 heterocycles. The molecule has 0 saturated carbocycles. The lowest BCUT2D eigenvalue weighted by atomic mass is 9.93. The molecule has 0 aliphatic carbocycles. The topological polar surface area (TPSA) is 64.5 Å². The predicted octanol–water partition coefficient (Wildman–Crippen LogP) is 5.97. The van der Waals surface area contributed by atoms with E-state index in [1.54, 1.807) is 0 Å². The standard InChI is InChI=1S/C27H17N5/c1-5-18-7-3-11-29-25(18)23(9-1)20-13-21(15-22(14-20)27-31-16-28-17-32-27)24-10-2-6-19-8-4-12-30-26(19)24/h1-17H. The van der Waals surface area contributed by atoms with Gasteiger partial charge in [-0.1, -0.05) is 48.5 Å². The van der Waals surface area contributed by atoms with Gasteiger partial charge >= 0.3 is 0 Å². The maximum Gasteiger partial charge on any atom is 0.162 e. The maximum atomic E-state index is 4.66. The lowest BCUT2D eigenvalue weighted by Crippen LogP contribution is -1.93. The second kappa shape index (κ2) is 7.63. The van der Waals surface area contributed by atoms with Crippen molar-refractivity contribution in [3.05, 3.63) is 104 Å². The van der Waals surface area contributed by atoms with Crippen LogP contribution in [0.3, 0.4) is 0 Å². The quantitative estimate of drug-likeness (QED) is 0.359. The summed E-state index contributed by atoms with van der Waals surface area (Å²) < 4.78 is 0. The molecular weight excluding hydrogens is 394 g/mol. The monoisotopic (exact) mass is 411 g/mol. The molecule has 150 valence electrons. The maximum absolute atomic E-state index is 4.66. The summed E-state index contributed by atoms with van der Waals surface area (Å²) in [7, 11) is 0. The van der Waals surface area contributed by atoms with Gasteiger partial charge in [0.1, 0.15) is 12.7 Å². The number of hydrogen-bond acceptors (Lipinski definition) is 5. The van der Waals surface area contributed by atoms with Crippen LogP contribution >= 0.6 is 0 Å². The third-order valence-corrected chi connectivity index (χ3v) is 5.57. The van der Waals surface area contributed by atoms with E-state index in [4.69, 9.17) is 0 Å². The molecule has 3 aromatic heterocycles. The molecule has 0 saturated heterocycles. The van der Waals surface area contributed by atoms with Crippen LogP contribution in [-0.2, 0) is 0 Å². The average molecular weight is 411 g/mol. The first kappa shape index (κ1) is 18.3. The molecule has 0 fully saturated rings. The summed E-state index contributed by atoms with van der Waals surface area (Å²) in [5.41, 5.74) is 7.07. The molecule has 32 heavy (non-hydrogen) atoms. The molecule has 0 spiro atoms. The highest BCUT2D eigenvalue weighted by Crippen LogP contribution is 2.36. The second-order valence-corrected chi connectivity index (χ2v) is 7.52. The van der Waals surface area contributed by atoms with Crippen molar-refractivity contribution in [2.75, 3.05) is 0 Å². The Morgan fingerprint density at radius 1 is 0.469 bits per heavy atom. The molecular formula is C27H17N5. The van der Waals surface area contributed by atoms with Crippen molar-refractivity contribution in [2.24, 2.45) is 0 Å². The van der Waals surface area contributed by atoms with Crippen LogP contribution in [0, 0.1) is 0 Å². The summed E-state index contributed by atoms with van der Waals surface area (Å²) in [4.78, 5) is 22.1. The van der Waals surface area contributed by atoms with Crippen molar-refractivity contribution in [1.29, 1.82) is 0 Å². The summed E-state index contributed by atoms with van der Waals surface area (Å²) in [6, 6.07) is 27.0. The van der Waals surface area contributed by atoms with Gasteiger partial charge in [-0.05, 0) is 41.5 Å². The van der Waals surface area contributed by atoms with Gasteiger partial charge in [-0.25, -0.2) is 15.0 Å². The number of hydrogen-bond donors (Lipinski definition) is 0. The van der Waals surface area contributed by atoms with E-state index in [-0.39, 0.29) is 0 Å². The van der Waals surface area contributed by atoms with Gasteiger partial charge in [0, 0.05) is 39.9 Å². The Morgan fingerprint density at radius 3 is 1.53 bits per heavy atom. The van der Waals surface area contributed by atoms with Crippen molar-refractivity contribution in [1.82, 2.24) is 24.9 Å². The molecule has 0 amide bonds. The molecule has 0 unspecified atom stereocenters. The fourth-order valence-corrected chi connectivity index (χ4v) is 4.13. The number of rotatable bonds is 3. The number of para-hydroxylation sites is 2. The van der Waals surface area contributed by atoms with E-state index in [0.717, 1.165) is 49.6 Å². The lowest BCUT2D eigenvalue weighted by Gasteiger charge is -2.13. The van der Waals surface area contributed by atoms with E-state index >= 15 is 0 Å². The normalized spacial score (nSPS) is 11.1. The molecule has 5 heteroatoms. The lowest BCUT2D eigenvalue weighted by molar-refractivity contribution is 1.06. The number of nitrogens with zero attached hydrogens (tertiary/aromatic N) is 5. The van der Waals surface area contributed by atoms with Crippen molar-refractivity contribution in [2.45, 2.75) is 0 Å². The van der Waals surface area contributed by atoms with Gasteiger partial charge in [0.2, 0.25) is 0 Å². The van der Waals surface area contributed by atoms with Crippen LogP contribution in [0.25, 0.3) is 55.4 Å². The first-order valence-electron chi connectivity index (χ1n) is 10.3. The van der Waals surface area contributed by atoms with Gasteiger partial charge in [0.05, 0.1) is 11.0 Å². The van der Waals surface area contributed by atoms with Gasteiger partial charge < -0.3 is 0 Å². The number of aromatic nitrogens is 5. The van der Waals surface area contributed by atoms with E-state index in [9.17, 15) is 0 Å². The molecule has 0 aliphatic rings. The fraction of sp³-hybridized carbons (Fsp3) is 0. The van der Waals surface area contributed by atoms with Crippen molar-refractivity contribution >= 4 is 21.8 Å². The molecule has 6 aromatic rings. The van der Waals surface area contributed by atoms with Gasteiger partial charge in [0.25, 0.3) is 0 Å². The molecule has 0 N–H and O–H groups in total. The minimum atomic E-state index is 0.629. The molecule has 0 atom stereocenters. The Balaban J connectivity index is 1.65. The zero-order chi connectivity index (χ0) is 21.3. The molecule has 0 bridgehead atoms. The summed E-state index contributed by atoms with van der Waals surface area (Å²) in [5.74, 6) is 0.629. The second-order valence-electron chi connectivity index (χ2n) is 7.52. The first-order valence-corrected chi connectivity index (χ1v) is 10.3. The SMILES string of the molecule is c1cnc2c(-c3cc(-c4ncncn4)cc(-c4cccc5cccnc45)c3)cccc2c1. The van der Waals surface area contributed by atoms with Crippen LogP contribution in [0.15, 0.2) is 104 Å². The minimum Gasteiger partial charge on any atom is -0.256 e. The Bertz CT molecular complexity index is 1470. The zero-order valence-corrected chi connectivity index (χ0v) is 17.1. The predicted molar refractivity (Wildman–Crippen MR) is 127 cm³/mol. The smallest absolute Gasteiger partial charge is 0.162 e. The summed E-state index contributed by atoms with van der Waals surface area (Å²) >= 11 is 0. The summed E-state index contributed by atoms with van der Waals surface area (Å²) in [6.45, 7) is 0. The van der Waals surface area contributed by atoms with E-state index in [1.165, 1.54) is 12.7 Å². The number of pyridine rings is 2. The fourth-order valence-electron chi connectivity index (χ4n) is 4.13. The Kier molecular flexibility index (Phi) is 4.36. The van der Waals surface area contributed by atoms with Crippen LogP contribution in [0.2, 0.25) is 0 Å². The third kappa shape index (κ3) is 3.17. The first-order chi connectivity index (χ1) is 15.9. The highest BCUT2D eigenvalue weighted by molar-refractivity contribution is 5.98. The third-order valence-electron chi connectivity index (χ3n) is 5.57. The van der Waals surface area contributed by atoms with E-state index < -0.39 is 0 Å².